The van der Waals surface area contributed by atoms with Crippen molar-refractivity contribution in [2.24, 2.45) is 0 Å². The summed E-state index contributed by atoms with van der Waals surface area (Å²) in [6, 6.07) is 2.68. The van der Waals surface area contributed by atoms with Crippen LogP contribution in [0.1, 0.15) is 0 Å². The van der Waals surface area contributed by atoms with Crippen molar-refractivity contribution in [2.45, 2.75) is 0 Å². The number of carbonyl (C=O) groups excluding carboxylic acids is 2. The Morgan fingerprint density at radius 1 is 1.00 bits per heavy atom. The fourth-order valence-electron chi connectivity index (χ4n) is 0.431. The monoisotopic (exact) mass is 166 g/mol. The summed E-state index contributed by atoms with van der Waals surface area (Å²) < 4.78 is 0. The first kappa shape index (κ1) is 9.92. The minimum atomic E-state index is -0.763. The molecule has 0 aromatic rings. The topological polar surface area (TPSA) is 106 Å². The van der Waals surface area contributed by atoms with Gasteiger partial charge in [0.05, 0.1) is 0 Å². The molecule has 0 radical (unpaired) electrons. The summed E-state index contributed by atoms with van der Waals surface area (Å²) >= 11 is 0. The lowest BCUT2D eigenvalue weighted by Gasteiger charge is -1.98. The van der Waals surface area contributed by atoms with Gasteiger partial charge in [0.25, 0.3) is 0 Å². The molecule has 62 valence electrons. The van der Waals surface area contributed by atoms with Crippen LogP contribution in [0.15, 0.2) is 0 Å². The molecule has 0 atom stereocenters. The van der Waals surface area contributed by atoms with E-state index in [1.54, 1.807) is 0 Å². The highest BCUT2D eigenvalue weighted by Gasteiger charge is 1.97. The Labute approximate surface area is 68.8 Å². The second-order valence-electron chi connectivity index (χ2n) is 1.74. The van der Waals surface area contributed by atoms with E-state index in [-0.39, 0.29) is 13.1 Å². The van der Waals surface area contributed by atoms with Gasteiger partial charge in [-0.3, -0.25) is 9.59 Å². The Kier molecular flexibility index (Phi) is 4.70. The van der Waals surface area contributed by atoms with Crippen molar-refractivity contribution in [3.05, 3.63) is 0 Å². The SMILES string of the molecule is N#CC(=O)NCCNC(=O)C#N. The molecule has 0 heterocycles. The van der Waals surface area contributed by atoms with Crippen LogP contribution in [0.5, 0.6) is 0 Å². The highest BCUT2D eigenvalue weighted by atomic mass is 16.2. The quantitative estimate of drug-likeness (QED) is 0.383. The van der Waals surface area contributed by atoms with Crippen LogP contribution in [-0.4, -0.2) is 24.9 Å². The molecule has 0 aliphatic carbocycles. The summed E-state index contributed by atoms with van der Waals surface area (Å²) in [5.74, 6) is -1.53. The van der Waals surface area contributed by atoms with E-state index in [1.807, 2.05) is 0 Å². The van der Waals surface area contributed by atoms with E-state index in [0.29, 0.717) is 0 Å². The summed E-state index contributed by atoms with van der Waals surface area (Å²) in [6.07, 6.45) is 0. The second-order valence-corrected chi connectivity index (χ2v) is 1.74. The molecule has 2 N–H and O–H groups in total. The van der Waals surface area contributed by atoms with Crippen LogP contribution in [0, 0.1) is 22.7 Å². The second kappa shape index (κ2) is 5.69. The van der Waals surface area contributed by atoms with E-state index in [1.165, 1.54) is 12.1 Å². The molecular formula is C6H6N4O2. The van der Waals surface area contributed by atoms with E-state index in [9.17, 15) is 9.59 Å². The molecule has 0 saturated carbocycles. The number of rotatable bonds is 3. The third kappa shape index (κ3) is 4.77. The first-order chi connectivity index (χ1) is 5.70. The lowest BCUT2D eigenvalue weighted by atomic mass is 10.5. The maximum atomic E-state index is 10.3. The highest BCUT2D eigenvalue weighted by molar-refractivity contribution is 5.92. The summed E-state index contributed by atoms with van der Waals surface area (Å²) in [5.41, 5.74) is 0. The molecule has 0 aliphatic rings. The molecule has 0 aromatic heterocycles. The van der Waals surface area contributed by atoms with E-state index in [2.05, 4.69) is 10.6 Å². The van der Waals surface area contributed by atoms with Gasteiger partial charge in [-0.1, -0.05) is 0 Å². The third-order valence-electron chi connectivity index (χ3n) is 0.899. The Bertz CT molecular complexity index is 232. The number of carbonyl (C=O) groups is 2. The number of hydrogen-bond donors (Lipinski definition) is 2. The van der Waals surface area contributed by atoms with Gasteiger partial charge in [0.2, 0.25) is 0 Å². The van der Waals surface area contributed by atoms with Gasteiger partial charge in [0, 0.05) is 13.1 Å². The largest absolute Gasteiger partial charge is 0.342 e. The zero-order valence-corrected chi connectivity index (χ0v) is 6.13. The Hall–Kier alpha value is -2.08. The molecule has 0 fully saturated rings. The van der Waals surface area contributed by atoms with E-state index in [4.69, 9.17) is 10.5 Å². The van der Waals surface area contributed by atoms with Gasteiger partial charge in [-0.15, -0.1) is 0 Å². The molecule has 0 aromatic carbocycles. The van der Waals surface area contributed by atoms with Crippen LogP contribution < -0.4 is 10.6 Å². The maximum absolute atomic E-state index is 10.3. The van der Waals surface area contributed by atoms with E-state index >= 15 is 0 Å². The highest BCUT2D eigenvalue weighted by Crippen LogP contribution is 1.62. The third-order valence-corrected chi connectivity index (χ3v) is 0.899. The summed E-state index contributed by atoms with van der Waals surface area (Å²) in [7, 11) is 0. The zero-order valence-electron chi connectivity index (χ0n) is 6.13. The fraction of sp³-hybridized carbons (Fsp3) is 0.333. The maximum Gasteiger partial charge on any atom is 0.322 e. The lowest BCUT2D eigenvalue weighted by Crippen LogP contribution is -2.33. The number of nitriles is 2. The Morgan fingerprint density at radius 2 is 1.33 bits per heavy atom. The van der Waals surface area contributed by atoms with Crippen LogP contribution in [0.4, 0.5) is 0 Å². The Balaban J connectivity index is 3.36. The fourth-order valence-corrected chi connectivity index (χ4v) is 0.431. The summed E-state index contributed by atoms with van der Waals surface area (Å²) in [5, 5.41) is 20.4. The first-order valence-electron chi connectivity index (χ1n) is 3.06. The summed E-state index contributed by atoms with van der Waals surface area (Å²) in [6.45, 7) is 0.277. The number of hydrogen-bond acceptors (Lipinski definition) is 4. The molecule has 0 bridgehead atoms. The van der Waals surface area contributed by atoms with Crippen LogP contribution in [0.2, 0.25) is 0 Å². The van der Waals surface area contributed by atoms with Crippen molar-refractivity contribution in [1.29, 1.82) is 10.5 Å². The molecule has 0 spiro atoms. The van der Waals surface area contributed by atoms with Crippen molar-refractivity contribution in [1.82, 2.24) is 10.6 Å². The van der Waals surface area contributed by atoms with E-state index < -0.39 is 11.8 Å². The van der Waals surface area contributed by atoms with Gasteiger partial charge in [-0.2, -0.15) is 10.5 Å². The van der Waals surface area contributed by atoms with Crippen LogP contribution in [0.3, 0.4) is 0 Å². The zero-order chi connectivity index (χ0) is 9.40. The van der Waals surface area contributed by atoms with Gasteiger partial charge in [0.1, 0.15) is 0 Å². The molecule has 0 aliphatic heterocycles. The molecular weight excluding hydrogens is 160 g/mol. The van der Waals surface area contributed by atoms with Gasteiger partial charge in [-0.25, -0.2) is 0 Å². The first-order valence-corrected chi connectivity index (χ1v) is 3.06. The number of nitrogens with zero attached hydrogens (tertiary/aromatic N) is 2. The van der Waals surface area contributed by atoms with Crippen molar-refractivity contribution in [3.8, 4) is 12.1 Å². The van der Waals surface area contributed by atoms with Crippen molar-refractivity contribution >= 4 is 11.8 Å². The van der Waals surface area contributed by atoms with Gasteiger partial charge in [0.15, 0.2) is 12.1 Å². The van der Waals surface area contributed by atoms with Crippen molar-refractivity contribution < 1.29 is 9.59 Å². The standard InChI is InChI=1S/C6H6N4O2/c7-3-5(11)9-1-2-10-6(12)4-8/h1-2H2,(H,9,11)(H,10,12). The average Bonchev–Trinajstić information content (AvgIpc) is 2.11. The predicted molar refractivity (Wildman–Crippen MR) is 37.2 cm³/mol. The van der Waals surface area contributed by atoms with Crippen LogP contribution in [-0.2, 0) is 9.59 Å². The molecule has 6 heteroatoms. The van der Waals surface area contributed by atoms with Crippen LogP contribution in [0.25, 0.3) is 0 Å². The molecule has 0 rings (SSSR count). The average molecular weight is 166 g/mol. The normalized spacial score (nSPS) is 7.50. The number of nitrogens with one attached hydrogen (secondary N) is 2. The minimum Gasteiger partial charge on any atom is -0.342 e. The number of amides is 2. The minimum absolute atomic E-state index is 0.139. The Morgan fingerprint density at radius 3 is 1.58 bits per heavy atom. The lowest BCUT2D eigenvalue weighted by molar-refractivity contribution is -0.117. The molecule has 2 amide bonds. The van der Waals surface area contributed by atoms with Crippen molar-refractivity contribution in [2.75, 3.05) is 13.1 Å². The smallest absolute Gasteiger partial charge is 0.322 e. The van der Waals surface area contributed by atoms with Crippen LogP contribution >= 0.6 is 0 Å². The summed E-state index contributed by atoms with van der Waals surface area (Å²) in [4.78, 5) is 20.6. The molecule has 0 unspecified atom stereocenters. The van der Waals surface area contributed by atoms with Crippen molar-refractivity contribution in [3.63, 3.8) is 0 Å². The molecule has 12 heavy (non-hydrogen) atoms. The van der Waals surface area contributed by atoms with Gasteiger partial charge in [-0.05, 0) is 0 Å². The molecule has 0 saturated heterocycles. The molecule has 6 nitrogen and oxygen atoms in total. The van der Waals surface area contributed by atoms with Gasteiger partial charge < -0.3 is 10.6 Å². The predicted octanol–water partition coefficient (Wildman–Crippen LogP) is -1.73. The van der Waals surface area contributed by atoms with Gasteiger partial charge >= 0.3 is 11.8 Å². The van der Waals surface area contributed by atoms with E-state index in [0.717, 1.165) is 0 Å².